The number of benzene rings is 1. The Labute approximate surface area is 191 Å². The van der Waals surface area contributed by atoms with E-state index in [1.165, 1.54) is 18.5 Å². The second-order valence-electron chi connectivity index (χ2n) is 10.8. The molecule has 1 aromatic carbocycles. The third kappa shape index (κ3) is 4.37. The molecule has 3 unspecified atom stereocenters. The summed E-state index contributed by atoms with van der Waals surface area (Å²) in [4.78, 5) is 32.2. The largest absolute Gasteiger partial charge is 0.371 e. The summed E-state index contributed by atoms with van der Waals surface area (Å²) in [5, 5.41) is 6.82. The maximum atomic E-state index is 13.1. The SMILES string of the molecule is CC1(C)CCN(c2ccc(C(=O)N3CCN(C4NC(=O)C5CCCCC5N4)CC3)cc2)C1. The summed E-state index contributed by atoms with van der Waals surface area (Å²) < 4.78 is 0. The Kier molecular flexibility index (Phi) is 5.88. The Hall–Kier alpha value is -2.12. The highest BCUT2D eigenvalue weighted by molar-refractivity contribution is 5.94. The molecule has 1 aromatic rings. The van der Waals surface area contributed by atoms with Crippen molar-refractivity contribution < 1.29 is 9.59 Å². The highest BCUT2D eigenvalue weighted by atomic mass is 16.2. The molecule has 1 saturated carbocycles. The van der Waals surface area contributed by atoms with E-state index in [2.05, 4.69) is 46.4 Å². The van der Waals surface area contributed by atoms with Gasteiger partial charge in [-0.3, -0.25) is 19.8 Å². The first-order chi connectivity index (χ1) is 15.4. The fourth-order valence-electron chi connectivity index (χ4n) is 5.84. The summed E-state index contributed by atoms with van der Waals surface area (Å²) in [6, 6.07) is 8.42. The third-order valence-corrected chi connectivity index (χ3v) is 7.88. The van der Waals surface area contributed by atoms with E-state index in [1.807, 2.05) is 17.0 Å². The molecule has 7 nitrogen and oxygen atoms in total. The maximum Gasteiger partial charge on any atom is 0.253 e. The quantitative estimate of drug-likeness (QED) is 0.756. The molecule has 32 heavy (non-hydrogen) atoms. The number of nitrogens with one attached hydrogen (secondary N) is 2. The Balaban J connectivity index is 1.15. The van der Waals surface area contributed by atoms with Crippen LogP contribution in [0.4, 0.5) is 5.69 Å². The normalized spacial score (nSPS) is 30.7. The zero-order valence-electron chi connectivity index (χ0n) is 19.5. The van der Waals surface area contributed by atoms with Crippen molar-refractivity contribution in [2.45, 2.75) is 58.3 Å². The van der Waals surface area contributed by atoms with Gasteiger partial charge in [0.25, 0.3) is 5.91 Å². The maximum absolute atomic E-state index is 13.1. The zero-order chi connectivity index (χ0) is 22.3. The molecule has 3 atom stereocenters. The van der Waals surface area contributed by atoms with Gasteiger partial charge in [0.05, 0.1) is 5.92 Å². The summed E-state index contributed by atoms with van der Waals surface area (Å²) in [7, 11) is 0. The minimum absolute atomic E-state index is 0.103. The van der Waals surface area contributed by atoms with Gasteiger partial charge in [-0.1, -0.05) is 26.7 Å². The molecule has 3 heterocycles. The fraction of sp³-hybridized carbons (Fsp3) is 0.680. The first-order valence-electron chi connectivity index (χ1n) is 12.3. The lowest BCUT2D eigenvalue weighted by molar-refractivity contribution is -0.134. The topological polar surface area (TPSA) is 67.9 Å². The van der Waals surface area contributed by atoms with E-state index >= 15 is 0 Å². The average molecular weight is 440 g/mol. The lowest BCUT2D eigenvalue weighted by Gasteiger charge is -2.46. The van der Waals surface area contributed by atoms with Crippen LogP contribution in [0.25, 0.3) is 0 Å². The van der Waals surface area contributed by atoms with Gasteiger partial charge in [0.1, 0.15) is 6.29 Å². The number of piperazine rings is 1. The lowest BCUT2D eigenvalue weighted by atomic mass is 9.82. The van der Waals surface area contributed by atoms with Gasteiger partial charge < -0.3 is 15.1 Å². The molecule has 5 rings (SSSR count). The smallest absolute Gasteiger partial charge is 0.253 e. The summed E-state index contributed by atoms with van der Waals surface area (Å²) in [6.07, 6.45) is 5.52. The van der Waals surface area contributed by atoms with Gasteiger partial charge in [0.15, 0.2) is 0 Å². The molecular weight excluding hydrogens is 402 g/mol. The molecule has 2 amide bonds. The number of anilines is 1. The van der Waals surface area contributed by atoms with Gasteiger partial charge >= 0.3 is 0 Å². The van der Waals surface area contributed by atoms with E-state index in [4.69, 9.17) is 0 Å². The molecule has 0 spiro atoms. The molecule has 1 aliphatic carbocycles. The number of hydrogen-bond acceptors (Lipinski definition) is 5. The number of nitrogens with zero attached hydrogens (tertiary/aromatic N) is 3. The predicted molar refractivity (Wildman–Crippen MR) is 125 cm³/mol. The average Bonchev–Trinajstić information content (AvgIpc) is 3.18. The molecule has 3 saturated heterocycles. The number of carbonyl (C=O) groups is 2. The zero-order valence-corrected chi connectivity index (χ0v) is 19.5. The number of rotatable bonds is 3. The van der Waals surface area contributed by atoms with Crippen molar-refractivity contribution in [1.29, 1.82) is 0 Å². The predicted octanol–water partition coefficient (Wildman–Crippen LogP) is 2.24. The minimum atomic E-state index is -0.108. The van der Waals surface area contributed by atoms with Gasteiger partial charge in [-0.2, -0.15) is 0 Å². The molecule has 4 aliphatic rings. The van der Waals surface area contributed by atoms with Crippen LogP contribution in [-0.4, -0.2) is 73.2 Å². The van der Waals surface area contributed by atoms with Gasteiger partial charge in [-0.25, -0.2) is 0 Å². The molecule has 7 heteroatoms. The van der Waals surface area contributed by atoms with E-state index in [9.17, 15) is 9.59 Å². The minimum Gasteiger partial charge on any atom is -0.371 e. The van der Waals surface area contributed by atoms with Crippen molar-refractivity contribution in [2.75, 3.05) is 44.2 Å². The van der Waals surface area contributed by atoms with E-state index in [0.717, 1.165) is 51.0 Å². The van der Waals surface area contributed by atoms with Crippen molar-refractivity contribution in [2.24, 2.45) is 11.3 Å². The van der Waals surface area contributed by atoms with Crippen LogP contribution in [-0.2, 0) is 4.79 Å². The first kappa shape index (κ1) is 21.7. The van der Waals surface area contributed by atoms with Crippen molar-refractivity contribution in [3.8, 4) is 0 Å². The van der Waals surface area contributed by atoms with E-state index < -0.39 is 0 Å². The molecule has 0 radical (unpaired) electrons. The van der Waals surface area contributed by atoms with E-state index in [1.54, 1.807) is 0 Å². The van der Waals surface area contributed by atoms with Crippen LogP contribution < -0.4 is 15.5 Å². The fourth-order valence-corrected chi connectivity index (χ4v) is 5.84. The first-order valence-corrected chi connectivity index (χ1v) is 12.3. The number of amides is 2. The van der Waals surface area contributed by atoms with Crippen LogP contribution in [0.2, 0.25) is 0 Å². The number of carbonyl (C=O) groups excluding carboxylic acids is 2. The second kappa shape index (κ2) is 8.67. The van der Waals surface area contributed by atoms with Gasteiger partial charge in [0, 0.05) is 56.6 Å². The van der Waals surface area contributed by atoms with Crippen LogP contribution in [0.1, 0.15) is 56.3 Å². The standard InChI is InChI=1S/C25H37N5O2/c1-25(2)11-12-30(17-25)19-9-7-18(8-10-19)23(32)28-13-15-29(16-14-28)24-26-21-6-4-3-5-20(21)22(31)27-24/h7-10,20-21,24,26H,3-6,11-17H2,1-2H3,(H,27,31). The lowest BCUT2D eigenvalue weighted by Crippen LogP contribution is -2.69. The number of fused-ring (bicyclic) bond motifs is 1. The van der Waals surface area contributed by atoms with Crippen LogP contribution in [0.5, 0.6) is 0 Å². The summed E-state index contributed by atoms with van der Waals surface area (Å²) in [6.45, 7) is 9.67. The van der Waals surface area contributed by atoms with Crippen molar-refractivity contribution >= 4 is 17.5 Å². The Morgan fingerprint density at radius 3 is 2.41 bits per heavy atom. The third-order valence-electron chi connectivity index (χ3n) is 7.88. The van der Waals surface area contributed by atoms with Crippen LogP contribution in [0.3, 0.4) is 0 Å². The van der Waals surface area contributed by atoms with Crippen LogP contribution >= 0.6 is 0 Å². The summed E-state index contributed by atoms with van der Waals surface area (Å²) in [5.41, 5.74) is 2.32. The monoisotopic (exact) mass is 439 g/mol. The molecule has 0 bridgehead atoms. The van der Waals surface area contributed by atoms with E-state index in [-0.39, 0.29) is 24.0 Å². The van der Waals surface area contributed by atoms with Crippen LogP contribution in [0, 0.1) is 11.3 Å². The Morgan fingerprint density at radius 1 is 1.00 bits per heavy atom. The van der Waals surface area contributed by atoms with Crippen molar-refractivity contribution in [3.05, 3.63) is 29.8 Å². The van der Waals surface area contributed by atoms with Gasteiger partial charge in [-0.05, 0) is 48.9 Å². The van der Waals surface area contributed by atoms with Crippen molar-refractivity contribution in [3.63, 3.8) is 0 Å². The van der Waals surface area contributed by atoms with Crippen molar-refractivity contribution in [1.82, 2.24) is 20.4 Å². The highest BCUT2D eigenvalue weighted by Gasteiger charge is 2.40. The van der Waals surface area contributed by atoms with E-state index in [0.29, 0.717) is 24.5 Å². The molecule has 2 N–H and O–H groups in total. The summed E-state index contributed by atoms with van der Waals surface area (Å²) >= 11 is 0. The second-order valence-corrected chi connectivity index (χ2v) is 10.8. The van der Waals surface area contributed by atoms with Gasteiger partial charge in [-0.15, -0.1) is 0 Å². The Morgan fingerprint density at radius 2 is 1.72 bits per heavy atom. The Bertz CT molecular complexity index is 846. The summed E-state index contributed by atoms with van der Waals surface area (Å²) in [5.74, 6) is 0.418. The molecule has 3 aliphatic heterocycles. The van der Waals surface area contributed by atoms with Gasteiger partial charge in [0.2, 0.25) is 5.91 Å². The molecular formula is C25H37N5O2. The molecule has 174 valence electrons. The van der Waals surface area contributed by atoms with Crippen LogP contribution in [0.15, 0.2) is 24.3 Å². The highest BCUT2D eigenvalue weighted by Crippen LogP contribution is 2.32. The molecule has 4 fully saturated rings. The molecule has 0 aromatic heterocycles. The number of hydrogen-bond donors (Lipinski definition) is 2.